The van der Waals surface area contributed by atoms with Crippen molar-refractivity contribution in [2.75, 3.05) is 32.4 Å². The number of halogens is 1. The van der Waals surface area contributed by atoms with Gasteiger partial charge in [-0.2, -0.15) is 0 Å². The van der Waals surface area contributed by atoms with E-state index in [1.165, 1.54) is 30.6 Å². The van der Waals surface area contributed by atoms with Crippen LogP contribution in [0.15, 0.2) is 63.6 Å². The van der Waals surface area contributed by atoms with Crippen LogP contribution in [0, 0.1) is 5.82 Å². The van der Waals surface area contributed by atoms with Crippen LogP contribution in [0.5, 0.6) is 0 Å². The van der Waals surface area contributed by atoms with Crippen LogP contribution in [0.25, 0.3) is 0 Å². The van der Waals surface area contributed by atoms with Gasteiger partial charge in [0.2, 0.25) is 10.0 Å². The Labute approximate surface area is 169 Å². The van der Waals surface area contributed by atoms with Crippen molar-refractivity contribution < 1.29 is 12.8 Å². The van der Waals surface area contributed by atoms with Crippen molar-refractivity contribution in [3.05, 3.63) is 54.6 Å². The molecule has 1 aromatic carbocycles. The molecule has 3 N–H and O–H groups in total. The predicted octanol–water partition coefficient (Wildman–Crippen LogP) is 1.85. The van der Waals surface area contributed by atoms with Crippen LogP contribution in [0.1, 0.15) is 6.42 Å². The number of aliphatic imine (C=N–C) groups is 1. The third-order valence-corrected chi connectivity index (χ3v) is 6.12. The molecule has 0 bridgehead atoms. The molecule has 0 fully saturated rings. The van der Waals surface area contributed by atoms with Crippen molar-refractivity contribution in [3.8, 4) is 0 Å². The van der Waals surface area contributed by atoms with Crippen molar-refractivity contribution in [2.24, 2.45) is 4.99 Å². The minimum Gasteiger partial charge on any atom is -0.356 e. The molecule has 0 saturated carbocycles. The maximum absolute atomic E-state index is 12.9. The number of sulfonamides is 1. The van der Waals surface area contributed by atoms with Crippen LogP contribution >= 0.6 is 11.8 Å². The molecule has 2 rings (SSSR count). The zero-order valence-corrected chi connectivity index (χ0v) is 17.2. The van der Waals surface area contributed by atoms with E-state index in [0.29, 0.717) is 12.5 Å². The topological polar surface area (TPSA) is 95.5 Å². The number of pyridine rings is 1. The second-order valence-corrected chi connectivity index (χ2v) is 8.60. The molecule has 0 aliphatic heterocycles. The Morgan fingerprint density at radius 2 is 1.89 bits per heavy atom. The molecule has 0 aliphatic carbocycles. The lowest BCUT2D eigenvalue weighted by Crippen LogP contribution is -2.41. The molecule has 0 atom stereocenters. The van der Waals surface area contributed by atoms with Crippen molar-refractivity contribution in [1.29, 1.82) is 0 Å². The quantitative estimate of drug-likeness (QED) is 0.233. The van der Waals surface area contributed by atoms with Crippen molar-refractivity contribution in [1.82, 2.24) is 20.3 Å². The molecule has 0 amide bonds. The molecule has 0 aliphatic rings. The van der Waals surface area contributed by atoms with E-state index in [1.54, 1.807) is 37.0 Å². The number of benzene rings is 1. The molecule has 2 aromatic rings. The number of thioether (sulfide) groups is 1. The first-order chi connectivity index (χ1) is 13.5. The van der Waals surface area contributed by atoms with E-state index < -0.39 is 10.0 Å². The van der Waals surface area contributed by atoms with E-state index in [0.717, 1.165) is 23.6 Å². The van der Waals surface area contributed by atoms with Crippen LogP contribution < -0.4 is 15.4 Å². The summed E-state index contributed by atoms with van der Waals surface area (Å²) < 4.78 is 39.5. The number of guanidine groups is 1. The van der Waals surface area contributed by atoms with Gasteiger partial charge in [0.25, 0.3) is 0 Å². The SMILES string of the molecule is CN=C(NCCCSc1ccc(F)cc1)NCCNS(=O)(=O)c1cccnc1. The molecule has 0 unspecified atom stereocenters. The molecular formula is C18H24FN5O2S2. The fourth-order valence-electron chi connectivity index (χ4n) is 2.18. The Morgan fingerprint density at radius 1 is 1.14 bits per heavy atom. The molecule has 7 nitrogen and oxygen atoms in total. The number of aromatic nitrogens is 1. The van der Waals surface area contributed by atoms with Gasteiger partial charge in [0.1, 0.15) is 10.7 Å². The van der Waals surface area contributed by atoms with Crippen LogP contribution in [-0.2, 0) is 10.0 Å². The number of hydrogen-bond donors (Lipinski definition) is 3. The highest BCUT2D eigenvalue weighted by atomic mass is 32.2. The largest absolute Gasteiger partial charge is 0.356 e. The lowest BCUT2D eigenvalue weighted by Gasteiger charge is -2.12. The van der Waals surface area contributed by atoms with Gasteiger partial charge < -0.3 is 10.6 Å². The summed E-state index contributed by atoms with van der Waals surface area (Å²) in [6, 6.07) is 9.50. The van der Waals surface area contributed by atoms with Crippen molar-refractivity contribution in [2.45, 2.75) is 16.2 Å². The highest BCUT2D eigenvalue weighted by molar-refractivity contribution is 7.99. The Hall–Kier alpha value is -2.17. The Kier molecular flexibility index (Phi) is 9.18. The standard InChI is InChI=1S/C18H24FN5O2S2/c1-20-18(22-10-3-13-27-16-7-5-15(19)6-8-16)23-11-12-24-28(25,26)17-4-2-9-21-14-17/h2,4-9,14,24H,3,10-13H2,1H3,(H2,20,22,23). The number of nitrogens with one attached hydrogen (secondary N) is 3. The first-order valence-electron chi connectivity index (χ1n) is 8.74. The van der Waals surface area contributed by atoms with Crippen molar-refractivity contribution >= 4 is 27.7 Å². The van der Waals surface area contributed by atoms with Gasteiger partial charge in [-0.15, -0.1) is 11.8 Å². The predicted molar refractivity (Wildman–Crippen MR) is 111 cm³/mol. The molecule has 28 heavy (non-hydrogen) atoms. The molecule has 0 saturated heterocycles. The normalized spacial score (nSPS) is 12.0. The number of hydrogen-bond acceptors (Lipinski definition) is 5. The van der Waals surface area contributed by atoms with Crippen LogP contribution in [0.3, 0.4) is 0 Å². The minimum atomic E-state index is -3.56. The van der Waals surface area contributed by atoms with E-state index in [4.69, 9.17) is 0 Å². The molecule has 1 aromatic heterocycles. The lowest BCUT2D eigenvalue weighted by atomic mass is 10.4. The van der Waals surface area contributed by atoms with E-state index in [-0.39, 0.29) is 17.3 Å². The Balaban J connectivity index is 1.60. The van der Waals surface area contributed by atoms with E-state index in [1.807, 2.05) is 0 Å². The molecule has 1 heterocycles. The van der Waals surface area contributed by atoms with Gasteiger partial charge in [-0.1, -0.05) is 0 Å². The maximum Gasteiger partial charge on any atom is 0.242 e. The summed E-state index contributed by atoms with van der Waals surface area (Å²) in [4.78, 5) is 9.08. The smallest absolute Gasteiger partial charge is 0.242 e. The van der Waals surface area contributed by atoms with E-state index in [9.17, 15) is 12.8 Å². The van der Waals surface area contributed by atoms with Gasteiger partial charge in [-0.3, -0.25) is 9.98 Å². The first kappa shape index (κ1) is 22.1. The molecule has 152 valence electrons. The molecule has 10 heteroatoms. The van der Waals surface area contributed by atoms with Crippen molar-refractivity contribution in [3.63, 3.8) is 0 Å². The van der Waals surface area contributed by atoms with Gasteiger partial charge in [0.15, 0.2) is 5.96 Å². The Bertz CT molecular complexity index is 846. The van der Waals surface area contributed by atoms with Gasteiger partial charge in [-0.05, 0) is 48.6 Å². The van der Waals surface area contributed by atoms with Gasteiger partial charge >= 0.3 is 0 Å². The van der Waals surface area contributed by atoms with Crippen LogP contribution in [0.2, 0.25) is 0 Å². The third kappa shape index (κ3) is 7.83. The fourth-order valence-corrected chi connectivity index (χ4v) is 4.02. The lowest BCUT2D eigenvalue weighted by molar-refractivity contribution is 0.580. The monoisotopic (exact) mass is 425 g/mol. The van der Waals surface area contributed by atoms with Gasteiger partial charge in [0.05, 0.1) is 0 Å². The van der Waals surface area contributed by atoms with Crippen LogP contribution in [-0.4, -0.2) is 51.8 Å². The molecule has 0 spiro atoms. The first-order valence-corrected chi connectivity index (χ1v) is 11.2. The van der Waals surface area contributed by atoms with E-state index >= 15 is 0 Å². The highest BCUT2D eigenvalue weighted by Gasteiger charge is 2.12. The van der Waals surface area contributed by atoms with E-state index in [2.05, 4.69) is 25.3 Å². The average molecular weight is 426 g/mol. The third-order valence-electron chi connectivity index (χ3n) is 3.57. The molecular weight excluding hydrogens is 401 g/mol. The highest BCUT2D eigenvalue weighted by Crippen LogP contribution is 2.18. The van der Waals surface area contributed by atoms with Gasteiger partial charge in [-0.25, -0.2) is 17.5 Å². The summed E-state index contributed by atoms with van der Waals surface area (Å²) in [7, 11) is -1.90. The summed E-state index contributed by atoms with van der Waals surface area (Å²) in [5.74, 6) is 1.26. The van der Waals surface area contributed by atoms with Gasteiger partial charge in [0, 0.05) is 44.0 Å². The average Bonchev–Trinajstić information content (AvgIpc) is 2.71. The fraction of sp³-hybridized carbons (Fsp3) is 0.333. The summed E-state index contributed by atoms with van der Waals surface area (Å²) in [6.45, 7) is 1.33. The summed E-state index contributed by atoms with van der Waals surface area (Å²) in [6.07, 6.45) is 3.73. The zero-order valence-electron chi connectivity index (χ0n) is 15.6. The Morgan fingerprint density at radius 3 is 2.57 bits per heavy atom. The summed E-state index contributed by atoms with van der Waals surface area (Å²) in [5, 5.41) is 6.23. The summed E-state index contributed by atoms with van der Waals surface area (Å²) >= 11 is 1.66. The zero-order chi connectivity index (χ0) is 20.2. The molecule has 0 radical (unpaired) electrons. The number of nitrogens with zero attached hydrogens (tertiary/aromatic N) is 2. The second kappa shape index (κ2) is 11.6. The minimum absolute atomic E-state index is 0.135. The number of rotatable bonds is 10. The second-order valence-electron chi connectivity index (χ2n) is 5.67. The summed E-state index contributed by atoms with van der Waals surface area (Å²) in [5.41, 5.74) is 0. The maximum atomic E-state index is 12.9. The van der Waals surface area contributed by atoms with Crippen LogP contribution in [0.4, 0.5) is 4.39 Å².